The number of rotatable bonds is 4. The molecule has 2 aliphatic carbocycles. The van der Waals surface area contributed by atoms with Crippen LogP contribution in [0.3, 0.4) is 0 Å². The van der Waals surface area contributed by atoms with Gasteiger partial charge in [-0.3, -0.25) is 0 Å². The number of alkyl carbamates (subject to hydrolysis) is 1. The molecule has 2 N–H and O–H groups in total. The number of carbonyl (C=O) groups excluding carboxylic acids is 1. The first-order valence-corrected chi connectivity index (χ1v) is 7.43. The van der Waals surface area contributed by atoms with E-state index in [1.807, 2.05) is 20.8 Å². The Bertz CT molecular complexity index is 339. The van der Waals surface area contributed by atoms with Crippen LogP contribution in [0, 0.1) is 5.41 Å². The lowest BCUT2D eigenvalue weighted by Crippen LogP contribution is -2.55. The van der Waals surface area contributed by atoms with E-state index in [1.165, 1.54) is 12.8 Å². The highest BCUT2D eigenvalue weighted by Crippen LogP contribution is 2.48. The molecule has 1 atom stereocenters. The Morgan fingerprint density at radius 1 is 1.26 bits per heavy atom. The van der Waals surface area contributed by atoms with Crippen LogP contribution < -0.4 is 10.6 Å². The standard InChI is InChI=1S/C15H28N2O2/c1-10(15(5)6-7-15)16-11-8-12(9-11)17-13(18)19-14(2,3)4/h10-12,16H,6-9H2,1-5H3,(H,17,18). The van der Waals surface area contributed by atoms with Crippen molar-refractivity contribution in [2.75, 3.05) is 0 Å². The van der Waals surface area contributed by atoms with Gasteiger partial charge in [-0.2, -0.15) is 0 Å². The maximum Gasteiger partial charge on any atom is 0.407 e. The van der Waals surface area contributed by atoms with Gasteiger partial charge in [-0.05, 0) is 58.8 Å². The Morgan fingerprint density at radius 2 is 1.84 bits per heavy atom. The molecule has 0 radical (unpaired) electrons. The molecule has 1 amide bonds. The second-order valence-electron chi connectivity index (χ2n) is 7.55. The van der Waals surface area contributed by atoms with Gasteiger partial charge in [-0.1, -0.05) is 6.92 Å². The summed E-state index contributed by atoms with van der Waals surface area (Å²) in [7, 11) is 0. The Labute approximate surface area is 116 Å². The smallest absolute Gasteiger partial charge is 0.407 e. The Kier molecular flexibility index (Phi) is 3.83. The van der Waals surface area contributed by atoms with E-state index in [2.05, 4.69) is 24.5 Å². The quantitative estimate of drug-likeness (QED) is 0.824. The lowest BCUT2D eigenvalue weighted by Gasteiger charge is -2.39. The minimum absolute atomic E-state index is 0.270. The molecule has 4 nitrogen and oxygen atoms in total. The molecule has 0 saturated heterocycles. The highest BCUT2D eigenvalue weighted by molar-refractivity contribution is 5.68. The van der Waals surface area contributed by atoms with E-state index in [1.54, 1.807) is 0 Å². The fourth-order valence-electron chi connectivity index (χ4n) is 2.53. The third-order valence-electron chi connectivity index (χ3n) is 4.43. The highest BCUT2D eigenvalue weighted by atomic mass is 16.6. The summed E-state index contributed by atoms with van der Waals surface area (Å²) in [5.41, 5.74) is 0.101. The molecular formula is C15H28N2O2. The lowest BCUT2D eigenvalue weighted by molar-refractivity contribution is 0.0461. The molecule has 0 bridgehead atoms. The summed E-state index contributed by atoms with van der Waals surface area (Å²) in [6, 6.07) is 1.40. The van der Waals surface area contributed by atoms with Crippen LogP contribution in [0.5, 0.6) is 0 Å². The average Bonchev–Trinajstić information content (AvgIpc) is 2.91. The summed E-state index contributed by atoms with van der Waals surface area (Å²) in [4.78, 5) is 11.6. The largest absolute Gasteiger partial charge is 0.444 e. The topological polar surface area (TPSA) is 50.4 Å². The van der Waals surface area contributed by atoms with Crippen LogP contribution in [0.15, 0.2) is 0 Å². The molecule has 0 spiro atoms. The number of ether oxygens (including phenoxy) is 1. The van der Waals surface area contributed by atoms with Crippen molar-refractivity contribution in [1.29, 1.82) is 0 Å². The number of carbonyl (C=O) groups is 1. The molecule has 2 aliphatic rings. The normalized spacial score (nSPS) is 30.2. The number of nitrogens with one attached hydrogen (secondary N) is 2. The van der Waals surface area contributed by atoms with Crippen molar-refractivity contribution in [3.8, 4) is 0 Å². The van der Waals surface area contributed by atoms with Crippen LogP contribution in [0.2, 0.25) is 0 Å². The molecule has 0 aliphatic heterocycles. The Balaban J connectivity index is 1.62. The van der Waals surface area contributed by atoms with Crippen LogP contribution in [0.4, 0.5) is 4.79 Å². The Hall–Kier alpha value is -0.770. The fourth-order valence-corrected chi connectivity index (χ4v) is 2.53. The molecule has 1 unspecified atom stereocenters. The third kappa shape index (κ3) is 4.10. The van der Waals surface area contributed by atoms with Crippen LogP contribution in [-0.2, 0) is 4.74 Å². The van der Waals surface area contributed by atoms with Gasteiger partial charge in [0.05, 0.1) is 0 Å². The first-order chi connectivity index (χ1) is 8.68. The predicted octanol–water partition coefficient (Wildman–Crippen LogP) is 2.82. The summed E-state index contributed by atoms with van der Waals surface area (Å²) in [6.45, 7) is 10.3. The van der Waals surface area contributed by atoms with Gasteiger partial charge in [0.15, 0.2) is 0 Å². The van der Waals surface area contributed by atoms with E-state index < -0.39 is 5.60 Å². The van der Waals surface area contributed by atoms with Gasteiger partial charge in [-0.25, -0.2) is 4.79 Å². The number of hydrogen-bond donors (Lipinski definition) is 2. The minimum Gasteiger partial charge on any atom is -0.444 e. The molecule has 0 aromatic rings. The summed E-state index contributed by atoms with van der Waals surface area (Å²) in [5.74, 6) is 0. The molecule has 19 heavy (non-hydrogen) atoms. The minimum atomic E-state index is -0.416. The van der Waals surface area contributed by atoms with Gasteiger partial charge in [0.25, 0.3) is 0 Å². The van der Waals surface area contributed by atoms with Gasteiger partial charge >= 0.3 is 6.09 Å². The van der Waals surface area contributed by atoms with Crippen molar-refractivity contribution in [2.45, 2.75) is 84.0 Å². The summed E-state index contributed by atoms with van der Waals surface area (Å²) < 4.78 is 5.25. The average molecular weight is 268 g/mol. The molecule has 110 valence electrons. The summed E-state index contributed by atoms with van der Waals surface area (Å²) in [6.07, 6.45) is 4.42. The van der Waals surface area contributed by atoms with Crippen molar-refractivity contribution < 1.29 is 9.53 Å². The maximum absolute atomic E-state index is 11.6. The van der Waals surface area contributed by atoms with Crippen LogP contribution in [-0.4, -0.2) is 29.8 Å². The van der Waals surface area contributed by atoms with Gasteiger partial charge in [0.2, 0.25) is 0 Å². The van der Waals surface area contributed by atoms with Crippen molar-refractivity contribution in [3.63, 3.8) is 0 Å². The third-order valence-corrected chi connectivity index (χ3v) is 4.43. The number of amides is 1. The molecule has 0 heterocycles. The zero-order chi connectivity index (χ0) is 14.3. The van der Waals surface area contributed by atoms with Crippen molar-refractivity contribution in [2.24, 2.45) is 5.41 Å². The van der Waals surface area contributed by atoms with Crippen molar-refractivity contribution in [1.82, 2.24) is 10.6 Å². The molecule has 0 aromatic carbocycles. The zero-order valence-corrected chi connectivity index (χ0v) is 12.9. The number of hydrogen-bond acceptors (Lipinski definition) is 3. The van der Waals surface area contributed by atoms with E-state index in [-0.39, 0.29) is 12.1 Å². The maximum atomic E-state index is 11.6. The van der Waals surface area contributed by atoms with Crippen LogP contribution in [0.1, 0.15) is 60.3 Å². The van der Waals surface area contributed by atoms with Gasteiger partial charge in [0, 0.05) is 18.1 Å². The summed E-state index contributed by atoms with van der Waals surface area (Å²) >= 11 is 0. The van der Waals surface area contributed by atoms with E-state index in [4.69, 9.17) is 4.74 Å². The van der Waals surface area contributed by atoms with E-state index in [0.29, 0.717) is 17.5 Å². The fraction of sp³-hybridized carbons (Fsp3) is 0.933. The molecule has 4 heteroatoms. The first kappa shape index (κ1) is 14.6. The molecular weight excluding hydrogens is 240 g/mol. The molecule has 2 fully saturated rings. The molecule has 2 rings (SSSR count). The van der Waals surface area contributed by atoms with Gasteiger partial charge < -0.3 is 15.4 Å². The zero-order valence-electron chi connectivity index (χ0n) is 12.9. The molecule has 0 aromatic heterocycles. The van der Waals surface area contributed by atoms with E-state index in [0.717, 1.165) is 12.8 Å². The first-order valence-electron chi connectivity index (χ1n) is 7.43. The Morgan fingerprint density at radius 3 is 2.32 bits per heavy atom. The second kappa shape index (κ2) is 4.97. The molecule has 2 saturated carbocycles. The van der Waals surface area contributed by atoms with Gasteiger partial charge in [0.1, 0.15) is 5.60 Å². The van der Waals surface area contributed by atoms with E-state index in [9.17, 15) is 4.79 Å². The second-order valence-corrected chi connectivity index (χ2v) is 7.55. The lowest BCUT2D eigenvalue weighted by atomic mass is 9.85. The predicted molar refractivity (Wildman–Crippen MR) is 76.1 cm³/mol. The van der Waals surface area contributed by atoms with Crippen LogP contribution in [0.25, 0.3) is 0 Å². The van der Waals surface area contributed by atoms with Crippen molar-refractivity contribution in [3.05, 3.63) is 0 Å². The monoisotopic (exact) mass is 268 g/mol. The van der Waals surface area contributed by atoms with Gasteiger partial charge in [-0.15, -0.1) is 0 Å². The van der Waals surface area contributed by atoms with Crippen molar-refractivity contribution >= 4 is 6.09 Å². The SMILES string of the molecule is CC(NC1CC(NC(=O)OC(C)(C)C)C1)C1(C)CC1. The highest BCUT2D eigenvalue weighted by Gasteiger charge is 2.44. The van der Waals surface area contributed by atoms with E-state index >= 15 is 0 Å². The van der Waals surface area contributed by atoms with Crippen LogP contribution >= 0.6 is 0 Å². The summed E-state index contributed by atoms with van der Waals surface area (Å²) in [5, 5.41) is 6.61.